The van der Waals surface area contributed by atoms with Gasteiger partial charge in [0.25, 0.3) is 5.91 Å². The molecule has 5 atom stereocenters. The summed E-state index contributed by atoms with van der Waals surface area (Å²) in [6.07, 6.45) is -1.25. The summed E-state index contributed by atoms with van der Waals surface area (Å²) in [5.74, 6) is -1.60. The zero-order valence-corrected chi connectivity index (χ0v) is 20.7. The summed E-state index contributed by atoms with van der Waals surface area (Å²) < 4.78 is 5.24. The topological polar surface area (TPSA) is 137 Å². The molecule has 0 aliphatic carbocycles. The minimum absolute atomic E-state index is 0.0674. The number of rotatable bonds is 8. The van der Waals surface area contributed by atoms with E-state index in [9.17, 15) is 24.3 Å². The van der Waals surface area contributed by atoms with Crippen LogP contribution in [-0.4, -0.2) is 70.1 Å². The van der Waals surface area contributed by atoms with Crippen molar-refractivity contribution < 1.29 is 29.0 Å². The molecule has 35 heavy (non-hydrogen) atoms. The Labute approximate surface area is 205 Å². The number of aliphatic hydroxyl groups is 1. The Balaban J connectivity index is 1.71. The average Bonchev–Trinajstić information content (AvgIpc) is 3.31. The molecule has 2 heterocycles. The van der Waals surface area contributed by atoms with Crippen LogP contribution in [0.1, 0.15) is 52.5 Å². The molecule has 2 aliphatic heterocycles. The first-order valence-corrected chi connectivity index (χ1v) is 12.0. The molecule has 1 aromatic rings. The Morgan fingerprint density at radius 1 is 1.23 bits per heavy atom. The number of nitrogens with one attached hydrogen (secondary N) is 3. The van der Waals surface area contributed by atoms with Gasteiger partial charge in [0.1, 0.15) is 12.6 Å². The van der Waals surface area contributed by atoms with Gasteiger partial charge in [-0.15, -0.1) is 0 Å². The number of carbonyl (C=O) groups excluding carboxylic acids is 4. The molecule has 10 heteroatoms. The third-order valence-corrected chi connectivity index (χ3v) is 6.29. The third kappa shape index (κ3) is 6.94. The summed E-state index contributed by atoms with van der Waals surface area (Å²) in [6.45, 7) is 7.76. The van der Waals surface area contributed by atoms with E-state index in [0.717, 1.165) is 5.56 Å². The van der Waals surface area contributed by atoms with Gasteiger partial charge in [-0.3, -0.25) is 14.4 Å². The van der Waals surface area contributed by atoms with E-state index in [1.54, 1.807) is 27.7 Å². The first-order chi connectivity index (χ1) is 16.5. The molecule has 0 aromatic heterocycles. The summed E-state index contributed by atoms with van der Waals surface area (Å²) in [5.41, 5.74) is 0.235. The average molecular weight is 489 g/mol. The molecule has 3 rings (SSSR count). The van der Waals surface area contributed by atoms with Crippen LogP contribution in [0.4, 0.5) is 4.79 Å². The Morgan fingerprint density at radius 3 is 2.51 bits per heavy atom. The summed E-state index contributed by atoms with van der Waals surface area (Å²) in [4.78, 5) is 52.2. The third-order valence-electron chi connectivity index (χ3n) is 6.29. The Morgan fingerprint density at radius 2 is 1.91 bits per heavy atom. The standard InChI is InChI=1S/C25H36N4O6/c1-15-12-18(27-24(34)35-14-16-8-6-5-7-9-16)23(33)29(15)19(13-17-10-11-26-21(17)31)20(30)22(32)28-25(2,3)4/h5-9,15,17-20,30H,10-14H2,1-4H3,(H,26,31)(H,27,34)(H,28,32)/t15?,17?,18-,19-,20?/m0/s1. The van der Waals surface area contributed by atoms with Gasteiger partial charge in [0, 0.05) is 24.0 Å². The normalized spacial score (nSPS) is 24.0. The summed E-state index contributed by atoms with van der Waals surface area (Å²) in [6, 6.07) is 7.04. The number of benzene rings is 1. The highest BCUT2D eigenvalue weighted by Crippen LogP contribution is 2.29. The molecule has 2 aliphatic rings. The van der Waals surface area contributed by atoms with Gasteiger partial charge in [-0.1, -0.05) is 30.3 Å². The van der Waals surface area contributed by atoms with E-state index < -0.39 is 47.6 Å². The molecule has 10 nitrogen and oxygen atoms in total. The number of likely N-dealkylation sites (tertiary alicyclic amines) is 1. The first-order valence-electron chi connectivity index (χ1n) is 12.0. The lowest BCUT2D eigenvalue weighted by molar-refractivity contribution is -0.143. The lowest BCUT2D eigenvalue weighted by Crippen LogP contribution is -2.57. The highest BCUT2D eigenvalue weighted by atomic mass is 16.5. The van der Waals surface area contributed by atoms with E-state index in [0.29, 0.717) is 19.4 Å². The van der Waals surface area contributed by atoms with Crippen LogP contribution in [0.2, 0.25) is 0 Å². The molecule has 0 spiro atoms. The van der Waals surface area contributed by atoms with Gasteiger partial charge >= 0.3 is 6.09 Å². The lowest BCUT2D eigenvalue weighted by atomic mass is 9.92. The Hall–Kier alpha value is -3.14. The van der Waals surface area contributed by atoms with Gasteiger partial charge in [-0.25, -0.2) is 4.79 Å². The maximum atomic E-state index is 13.3. The molecule has 4 N–H and O–H groups in total. The number of carbonyl (C=O) groups is 4. The second-order valence-electron chi connectivity index (χ2n) is 10.4. The molecule has 1 aromatic carbocycles. The van der Waals surface area contributed by atoms with E-state index >= 15 is 0 Å². The molecular weight excluding hydrogens is 452 g/mol. The zero-order valence-electron chi connectivity index (χ0n) is 20.7. The van der Waals surface area contributed by atoms with Crippen LogP contribution in [0.25, 0.3) is 0 Å². The molecule has 2 fully saturated rings. The van der Waals surface area contributed by atoms with Gasteiger partial charge in [0.15, 0.2) is 6.10 Å². The van der Waals surface area contributed by atoms with Crippen molar-refractivity contribution in [1.29, 1.82) is 0 Å². The summed E-state index contributed by atoms with van der Waals surface area (Å²) in [5, 5.41) is 19.1. The fourth-order valence-electron chi connectivity index (χ4n) is 4.64. The Kier molecular flexibility index (Phi) is 8.37. The van der Waals surface area contributed by atoms with Gasteiger partial charge in [0.05, 0.1) is 6.04 Å². The Bertz CT molecular complexity index is 932. The van der Waals surface area contributed by atoms with Crippen molar-refractivity contribution in [1.82, 2.24) is 20.9 Å². The van der Waals surface area contributed by atoms with Crippen LogP contribution in [0.15, 0.2) is 30.3 Å². The minimum atomic E-state index is -1.53. The van der Waals surface area contributed by atoms with Gasteiger partial charge in [0.2, 0.25) is 11.8 Å². The van der Waals surface area contributed by atoms with Crippen LogP contribution in [-0.2, 0) is 25.7 Å². The van der Waals surface area contributed by atoms with Crippen molar-refractivity contribution in [2.75, 3.05) is 6.54 Å². The maximum Gasteiger partial charge on any atom is 0.408 e. The SMILES string of the molecule is CC1C[C@H](NC(=O)OCc2ccccc2)C(=O)N1[C@@H](CC1CCNC1=O)C(O)C(=O)NC(C)(C)C. The first kappa shape index (κ1) is 26.5. The molecule has 0 radical (unpaired) electrons. The van der Waals surface area contributed by atoms with E-state index in [-0.39, 0.29) is 25.0 Å². The number of aliphatic hydroxyl groups excluding tert-OH is 1. The number of hydrogen-bond donors (Lipinski definition) is 4. The molecular formula is C25H36N4O6. The highest BCUT2D eigenvalue weighted by molar-refractivity contribution is 5.90. The molecule has 0 saturated carbocycles. The van der Waals surface area contributed by atoms with Crippen molar-refractivity contribution in [3.63, 3.8) is 0 Å². The number of nitrogens with zero attached hydrogens (tertiary/aromatic N) is 1. The number of alkyl carbamates (subject to hydrolysis) is 1. The van der Waals surface area contributed by atoms with Crippen molar-refractivity contribution >= 4 is 23.8 Å². The van der Waals surface area contributed by atoms with Crippen LogP contribution >= 0.6 is 0 Å². The van der Waals surface area contributed by atoms with Crippen molar-refractivity contribution in [3.8, 4) is 0 Å². The fourth-order valence-corrected chi connectivity index (χ4v) is 4.64. The van der Waals surface area contributed by atoms with Crippen LogP contribution in [0.3, 0.4) is 0 Å². The fraction of sp³-hybridized carbons (Fsp3) is 0.600. The van der Waals surface area contributed by atoms with E-state index in [4.69, 9.17) is 4.74 Å². The van der Waals surface area contributed by atoms with Crippen molar-refractivity contribution in [2.45, 2.75) is 83.3 Å². The number of hydrogen-bond acceptors (Lipinski definition) is 6. The predicted molar refractivity (Wildman–Crippen MR) is 128 cm³/mol. The van der Waals surface area contributed by atoms with E-state index in [1.165, 1.54) is 4.90 Å². The largest absolute Gasteiger partial charge is 0.445 e. The lowest BCUT2D eigenvalue weighted by Gasteiger charge is -2.36. The summed E-state index contributed by atoms with van der Waals surface area (Å²) >= 11 is 0. The van der Waals surface area contributed by atoms with E-state index in [2.05, 4.69) is 16.0 Å². The van der Waals surface area contributed by atoms with Gasteiger partial charge < -0.3 is 30.7 Å². The zero-order chi connectivity index (χ0) is 25.8. The van der Waals surface area contributed by atoms with Crippen molar-refractivity contribution in [3.05, 3.63) is 35.9 Å². The minimum Gasteiger partial charge on any atom is -0.445 e. The van der Waals surface area contributed by atoms with Crippen LogP contribution < -0.4 is 16.0 Å². The quantitative estimate of drug-likeness (QED) is 0.432. The van der Waals surface area contributed by atoms with Crippen molar-refractivity contribution in [2.24, 2.45) is 5.92 Å². The smallest absolute Gasteiger partial charge is 0.408 e. The van der Waals surface area contributed by atoms with E-state index in [1.807, 2.05) is 30.3 Å². The number of ether oxygens (including phenoxy) is 1. The summed E-state index contributed by atoms with van der Waals surface area (Å²) in [7, 11) is 0. The number of amides is 4. The predicted octanol–water partition coefficient (Wildman–Crippen LogP) is 1.07. The van der Waals surface area contributed by atoms with Crippen LogP contribution in [0, 0.1) is 5.92 Å². The van der Waals surface area contributed by atoms with Gasteiger partial charge in [-0.05, 0) is 52.5 Å². The second kappa shape index (κ2) is 11.1. The molecule has 4 amide bonds. The monoisotopic (exact) mass is 488 g/mol. The molecule has 3 unspecified atom stereocenters. The molecule has 0 bridgehead atoms. The second-order valence-corrected chi connectivity index (χ2v) is 10.4. The molecule has 2 saturated heterocycles. The maximum absolute atomic E-state index is 13.3. The van der Waals surface area contributed by atoms with Gasteiger partial charge in [-0.2, -0.15) is 0 Å². The van der Waals surface area contributed by atoms with Crippen LogP contribution in [0.5, 0.6) is 0 Å². The highest BCUT2D eigenvalue weighted by Gasteiger charge is 2.47. The molecule has 192 valence electrons.